The van der Waals surface area contributed by atoms with Crippen LogP contribution in [0.2, 0.25) is 0 Å². The molecular weight excluding hydrogens is 333 g/mol. The molecule has 0 heterocycles. The van der Waals surface area contributed by atoms with Gasteiger partial charge in [-0.1, -0.05) is 0 Å². The number of sulfonamides is 1. The maximum Gasteiger partial charge on any atom is 0.460 e. The van der Waals surface area contributed by atoms with Crippen molar-refractivity contribution in [3.8, 4) is 0 Å². The van der Waals surface area contributed by atoms with Gasteiger partial charge < -0.3 is 0 Å². The number of alkyl halides is 9. The van der Waals surface area contributed by atoms with E-state index in [0.717, 1.165) is 18.6 Å². The van der Waals surface area contributed by atoms with Gasteiger partial charge in [0.25, 0.3) is 10.0 Å². The highest BCUT2D eigenvalue weighted by molar-refractivity contribution is 7.90. The second kappa shape index (κ2) is 4.93. The van der Waals surface area contributed by atoms with Crippen LogP contribution in [0.25, 0.3) is 0 Å². The molecule has 0 bridgehead atoms. The monoisotopic (exact) mass is 341 g/mol. The van der Waals surface area contributed by atoms with Gasteiger partial charge in [-0.15, -0.1) is 0 Å². The first-order chi connectivity index (χ1) is 8.42. The van der Waals surface area contributed by atoms with Gasteiger partial charge in [-0.25, -0.2) is 13.1 Å². The van der Waals surface area contributed by atoms with Gasteiger partial charge in [-0.05, 0) is 13.8 Å². The van der Waals surface area contributed by atoms with Gasteiger partial charge in [0.1, 0.15) is 0 Å². The highest BCUT2D eigenvalue weighted by Gasteiger charge is 2.85. The molecule has 0 fully saturated rings. The Hall–Kier alpha value is -0.720. The van der Waals surface area contributed by atoms with E-state index in [-0.39, 0.29) is 0 Å². The lowest BCUT2D eigenvalue weighted by atomic mass is 10.1. The molecule has 0 aliphatic heterocycles. The summed E-state index contributed by atoms with van der Waals surface area (Å²) < 4.78 is 134. The van der Waals surface area contributed by atoms with Gasteiger partial charge in [0.15, 0.2) is 0 Å². The van der Waals surface area contributed by atoms with Crippen LogP contribution < -0.4 is 4.72 Å². The van der Waals surface area contributed by atoms with E-state index in [4.69, 9.17) is 0 Å². The lowest BCUT2D eigenvalue weighted by Gasteiger charge is -2.33. The van der Waals surface area contributed by atoms with Crippen LogP contribution in [0.15, 0.2) is 0 Å². The topological polar surface area (TPSA) is 46.2 Å². The van der Waals surface area contributed by atoms with Crippen molar-refractivity contribution in [3.63, 3.8) is 0 Å². The van der Waals surface area contributed by atoms with Crippen LogP contribution in [0.4, 0.5) is 39.5 Å². The van der Waals surface area contributed by atoms with Gasteiger partial charge in [-0.2, -0.15) is 39.5 Å². The summed E-state index contributed by atoms with van der Waals surface area (Å²) >= 11 is 0. The zero-order chi connectivity index (χ0) is 16.8. The van der Waals surface area contributed by atoms with Crippen molar-refractivity contribution in [2.45, 2.75) is 43.2 Å². The van der Waals surface area contributed by atoms with Crippen molar-refractivity contribution in [2.75, 3.05) is 0 Å². The maximum atomic E-state index is 13.0. The fourth-order valence-electron chi connectivity index (χ4n) is 0.914. The van der Waals surface area contributed by atoms with Crippen LogP contribution in [0, 0.1) is 0 Å². The van der Waals surface area contributed by atoms with Gasteiger partial charge in [-0.3, -0.25) is 0 Å². The predicted octanol–water partition coefficient (Wildman–Crippen LogP) is 2.74. The normalized spacial score (nSPS) is 15.8. The molecule has 0 saturated heterocycles. The predicted molar refractivity (Wildman–Crippen MR) is 48.1 cm³/mol. The van der Waals surface area contributed by atoms with Crippen molar-refractivity contribution in [3.05, 3.63) is 0 Å². The largest absolute Gasteiger partial charge is 0.460 e. The van der Waals surface area contributed by atoms with E-state index in [1.807, 2.05) is 0 Å². The lowest BCUT2D eigenvalue weighted by molar-refractivity contribution is -0.382. The molecule has 0 saturated carbocycles. The molecule has 0 radical (unpaired) electrons. The Kier molecular flexibility index (Phi) is 4.75. The molecule has 20 heavy (non-hydrogen) atoms. The smallest absolute Gasteiger partial charge is 0.207 e. The molecule has 13 heteroatoms. The van der Waals surface area contributed by atoms with Crippen LogP contribution in [0.3, 0.4) is 0 Å². The van der Waals surface area contributed by atoms with Crippen molar-refractivity contribution >= 4 is 10.0 Å². The van der Waals surface area contributed by atoms with Crippen LogP contribution in [-0.2, 0) is 10.0 Å². The first-order valence-electron chi connectivity index (χ1n) is 4.64. The van der Waals surface area contributed by atoms with Crippen molar-refractivity contribution < 1.29 is 47.9 Å². The maximum absolute atomic E-state index is 13.0. The number of rotatable bonds is 5. The Balaban J connectivity index is 5.95. The van der Waals surface area contributed by atoms with E-state index in [1.54, 1.807) is 0 Å². The molecule has 1 N–H and O–H groups in total. The second-order valence-corrected chi connectivity index (χ2v) is 5.69. The van der Waals surface area contributed by atoms with E-state index in [0.29, 0.717) is 0 Å². The third-order valence-electron chi connectivity index (χ3n) is 1.84. The summed E-state index contributed by atoms with van der Waals surface area (Å²) in [6.45, 7) is 1.74. The molecule has 0 atom stereocenters. The zero-order valence-electron chi connectivity index (χ0n) is 9.70. The fourth-order valence-corrected chi connectivity index (χ4v) is 2.15. The Morgan fingerprint density at radius 3 is 1.40 bits per heavy atom. The summed E-state index contributed by atoms with van der Waals surface area (Å²) in [6, 6.07) is -1.43. The Morgan fingerprint density at radius 1 is 0.800 bits per heavy atom. The van der Waals surface area contributed by atoms with Crippen LogP contribution in [0.5, 0.6) is 0 Å². The zero-order valence-corrected chi connectivity index (χ0v) is 10.5. The molecule has 0 aromatic carbocycles. The van der Waals surface area contributed by atoms with Crippen molar-refractivity contribution in [1.82, 2.24) is 4.72 Å². The highest BCUT2D eigenvalue weighted by Crippen LogP contribution is 2.54. The Morgan fingerprint density at radius 2 is 1.15 bits per heavy atom. The molecule has 0 aliphatic carbocycles. The summed E-state index contributed by atoms with van der Waals surface area (Å²) in [4.78, 5) is 0. The SMILES string of the molecule is CC(C)NS(=O)(=O)C(F)(F)C(F)(F)C(F)(F)C(F)(F)F. The first kappa shape index (κ1) is 19.3. The van der Waals surface area contributed by atoms with Gasteiger partial charge >= 0.3 is 23.3 Å². The summed E-state index contributed by atoms with van der Waals surface area (Å²) in [7, 11) is -6.47. The minimum atomic E-state index is -7.24. The molecule has 3 nitrogen and oxygen atoms in total. The summed E-state index contributed by atoms with van der Waals surface area (Å²) in [5.74, 6) is -14.4. The summed E-state index contributed by atoms with van der Waals surface area (Å²) in [5, 5.41) is -6.68. The number of nitrogens with one attached hydrogen (secondary N) is 1. The van der Waals surface area contributed by atoms with E-state index < -0.39 is 39.3 Å². The average molecular weight is 341 g/mol. The first-order valence-corrected chi connectivity index (χ1v) is 6.12. The van der Waals surface area contributed by atoms with Crippen LogP contribution in [0.1, 0.15) is 13.8 Å². The minimum Gasteiger partial charge on any atom is -0.207 e. The fraction of sp³-hybridized carbons (Fsp3) is 1.00. The number of hydrogen-bond acceptors (Lipinski definition) is 2. The molecular formula is C7H8F9NO2S. The molecule has 122 valence electrons. The minimum absolute atomic E-state index is 0.831. The quantitative estimate of drug-likeness (QED) is 0.782. The molecule has 0 spiro atoms. The van der Waals surface area contributed by atoms with Gasteiger partial charge in [0.2, 0.25) is 0 Å². The van der Waals surface area contributed by atoms with Crippen molar-refractivity contribution in [2.24, 2.45) is 0 Å². The van der Waals surface area contributed by atoms with E-state index >= 15 is 0 Å². The van der Waals surface area contributed by atoms with E-state index in [9.17, 15) is 47.9 Å². The Bertz CT molecular complexity index is 453. The average Bonchev–Trinajstić information content (AvgIpc) is 2.12. The third-order valence-corrected chi connectivity index (χ3v) is 3.56. The van der Waals surface area contributed by atoms with Crippen molar-refractivity contribution in [1.29, 1.82) is 0 Å². The van der Waals surface area contributed by atoms with Gasteiger partial charge in [0, 0.05) is 6.04 Å². The number of hydrogen-bond donors (Lipinski definition) is 1. The Labute approximate surface area is 107 Å². The molecule has 0 rings (SSSR count). The molecule has 0 unspecified atom stereocenters. The van der Waals surface area contributed by atoms with Gasteiger partial charge in [0.05, 0.1) is 0 Å². The van der Waals surface area contributed by atoms with E-state index in [1.165, 1.54) is 0 Å². The number of halogens is 9. The molecule has 0 aromatic rings. The van der Waals surface area contributed by atoms with E-state index in [2.05, 4.69) is 0 Å². The van der Waals surface area contributed by atoms with Crippen LogP contribution in [-0.4, -0.2) is 37.7 Å². The summed E-state index contributed by atoms with van der Waals surface area (Å²) in [5.41, 5.74) is 0. The highest BCUT2D eigenvalue weighted by atomic mass is 32.2. The molecule has 0 aliphatic rings. The lowest BCUT2D eigenvalue weighted by Crippen LogP contribution is -2.65. The third kappa shape index (κ3) is 2.82. The molecule has 0 aromatic heterocycles. The van der Waals surface area contributed by atoms with Crippen LogP contribution >= 0.6 is 0 Å². The standard InChI is InChI=1S/C7H8F9NO2S/c1-3(2)17-20(18,19)7(15,16)5(10,11)4(8,9)6(12,13)14/h3,17H,1-2H3. The second-order valence-electron chi connectivity index (χ2n) is 3.94. The summed E-state index contributed by atoms with van der Waals surface area (Å²) in [6.07, 6.45) is -7.06. The molecule has 0 amide bonds.